The van der Waals surface area contributed by atoms with Gasteiger partial charge in [0.1, 0.15) is 17.6 Å². The maximum Gasteiger partial charge on any atom is 0.266 e. The monoisotopic (exact) mass is 593 g/mol. The minimum Gasteiger partial charge on any atom is -0.508 e. The van der Waals surface area contributed by atoms with Crippen molar-refractivity contribution in [1.82, 2.24) is 16.1 Å². The van der Waals surface area contributed by atoms with E-state index in [1.165, 1.54) is 29.2 Å². The van der Waals surface area contributed by atoms with E-state index in [1.54, 1.807) is 47.6 Å². The number of thioether (sulfide) groups is 1. The molecule has 0 aliphatic heterocycles. The molecule has 0 heterocycles. The number of hydrogen-bond acceptors (Lipinski definition) is 6. The molecule has 3 amide bonds. The molecule has 0 fully saturated rings. The van der Waals surface area contributed by atoms with Crippen LogP contribution in [0.5, 0.6) is 5.75 Å². The van der Waals surface area contributed by atoms with Crippen molar-refractivity contribution in [2.45, 2.75) is 44.6 Å². The van der Waals surface area contributed by atoms with E-state index < -0.39 is 11.9 Å². The van der Waals surface area contributed by atoms with E-state index in [9.17, 15) is 23.9 Å². The Labute approximate surface area is 249 Å². The van der Waals surface area contributed by atoms with Gasteiger partial charge in [0.15, 0.2) is 0 Å². The summed E-state index contributed by atoms with van der Waals surface area (Å²) in [5.41, 5.74) is 4.17. The lowest BCUT2D eigenvalue weighted by Gasteiger charge is -2.17. The third-order valence-corrected chi connectivity index (χ3v) is 7.40. The molecular formula is C32H36FN3O5S. The Morgan fingerprint density at radius 1 is 1.02 bits per heavy atom. The Hall–Kier alpha value is -4.15. The summed E-state index contributed by atoms with van der Waals surface area (Å²) >= 11 is 1.67. The summed E-state index contributed by atoms with van der Waals surface area (Å²) in [6, 6.07) is 11.1. The van der Waals surface area contributed by atoms with Crippen LogP contribution in [0.1, 0.15) is 43.2 Å². The van der Waals surface area contributed by atoms with Gasteiger partial charge >= 0.3 is 0 Å². The molecule has 1 aliphatic carbocycles. The summed E-state index contributed by atoms with van der Waals surface area (Å²) < 4.78 is 13.5. The lowest BCUT2D eigenvalue weighted by atomic mass is 10.0. The second kappa shape index (κ2) is 17.0. The lowest BCUT2D eigenvalue weighted by Crippen LogP contribution is -2.47. The van der Waals surface area contributed by atoms with Gasteiger partial charge in [-0.25, -0.2) is 9.87 Å². The Balaban J connectivity index is 1.50. The number of benzene rings is 2. The zero-order valence-electron chi connectivity index (χ0n) is 23.4. The standard InChI is InChI=1S/C32H36FN3O5S/c1-42-27-7-5-6-22(11-18-27)20-28(24-12-14-25(33)15-13-24)31(39)34-19-4-2-3-8-30(38)35-29(32(40)36-41)21-23-9-16-26(37)17-10-23/h5-6,9-18,20,29,37,41H,2-4,7-8,19,21H2,1H3,(H,34,39)(H,35,38)(H,36,40)/b28-20-. The molecule has 2 aromatic rings. The quantitative estimate of drug-likeness (QED) is 0.0912. The Bertz CT molecular complexity index is 1350. The van der Waals surface area contributed by atoms with Crippen LogP contribution in [0.2, 0.25) is 0 Å². The van der Waals surface area contributed by atoms with Gasteiger partial charge in [-0.2, -0.15) is 0 Å². The van der Waals surface area contributed by atoms with Gasteiger partial charge in [0, 0.05) is 25.0 Å². The maximum atomic E-state index is 13.5. The van der Waals surface area contributed by atoms with E-state index in [-0.39, 0.29) is 36.2 Å². The molecule has 222 valence electrons. The number of halogens is 1. The molecule has 0 bridgehead atoms. The van der Waals surface area contributed by atoms with Crippen molar-refractivity contribution in [3.05, 3.63) is 106 Å². The number of allylic oxidation sites excluding steroid dienone is 7. The fourth-order valence-electron chi connectivity index (χ4n) is 4.25. The van der Waals surface area contributed by atoms with Gasteiger partial charge in [0.2, 0.25) is 5.91 Å². The molecule has 1 aliphatic rings. The number of carbonyl (C=O) groups excluding carboxylic acids is 3. The molecule has 0 saturated carbocycles. The minimum atomic E-state index is -0.968. The van der Waals surface area contributed by atoms with Crippen molar-refractivity contribution in [1.29, 1.82) is 0 Å². The summed E-state index contributed by atoms with van der Waals surface area (Å²) in [5.74, 6) is -1.65. The second-order valence-electron chi connectivity index (χ2n) is 9.71. The normalized spacial score (nSPS) is 13.8. The minimum absolute atomic E-state index is 0.0844. The summed E-state index contributed by atoms with van der Waals surface area (Å²) in [6.45, 7) is 0.390. The molecule has 0 aromatic heterocycles. The zero-order chi connectivity index (χ0) is 30.3. The van der Waals surface area contributed by atoms with E-state index in [1.807, 2.05) is 30.6 Å². The molecule has 3 rings (SSSR count). The first kappa shape index (κ1) is 32.4. The fourth-order valence-corrected chi connectivity index (χ4v) is 4.72. The van der Waals surface area contributed by atoms with E-state index >= 15 is 0 Å². The van der Waals surface area contributed by atoms with Gasteiger partial charge in [-0.1, -0.05) is 55.0 Å². The van der Waals surface area contributed by atoms with Gasteiger partial charge < -0.3 is 15.7 Å². The summed E-state index contributed by atoms with van der Waals surface area (Å²) in [7, 11) is 0. The molecular weight excluding hydrogens is 557 g/mol. The number of hydrogen-bond donors (Lipinski definition) is 5. The number of unbranched alkanes of at least 4 members (excludes halogenated alkanes) is 2. The Morgan fingerprint density at radius 3 is 2.45 bits per heavy atom. The first-order valence-electron chi connectivity index (χ1n) is 13.7. The predicted octanol–water partition coefficient (Wildman–Crippen LogP) is 4.96. The smallest absolute Gasteiger partial charge is 0.266 e. The van der Waals surface area contributed by atoms with Crippen molar-refractivity contribution < 1.29 is 29.1 Å². The van der Waals surface area contributed by atoms with Gasteiger partial charge in [0.25, 0.3) is 11.8 Å². The van der Waals surface area contributed by atoms with Crippen LogP contribution in [0.15, 0.2) is 89.4 Å². The number of carbonyl (C=O) groups is 3. The molecule has 0 spiro atoms. The number of aromatic hydroxyl groups is 1. The van der Waals surface area contributed by atoms with Crippen LogP contribution >= 0.6 is 11.8 Å². The van der Waals surface area contributed by atoms with Crippen LogP contribution in [0.3, 0.4) is 0 Å². The van der Waals surface area contributed by atoms with Crippen molar-refractivity contribution in [2.75, 3.05) is 12.8 Å². The van der Waals surface area contributed by atoms with Gasteiger partial charge in [0.05, 0.1) is 0 Å². The summed E-state index contributed by atoms with van der Waals surface area (Å²) in [4.78, 5) is 38.9. The maximum absolute atomic E-state index is 13.5. The lowest BCUT2D eigenvalue weighted by molar-refractivity contribution is -0.134. The Kier molecular flexibility index (Phi) is 13.1. The van der Waals surface area contributed by atoms with Crippen LogP contribution in [0, 0.1) is 5.82 Å². The third-order valence-electron chi connectivity index (χ3n) is 6.57. The van der Waals surface area contributed by atoms with Gasteiger partial charge in [-0.3, -0.25) is 19.6 Å². The van der Waals surface area contributed by atoms with Crippen LogP contribution in [-0.2, 0) is 20.8 Å². The van der Waals surface area contributed by atoms with Crippen LogP contribution in [-0.4, -0.2) is 46.9 Å². The highest BCUT2D eigenvalue weighted by Crippen LogP contribution is 2.23. The number of phenolic OH excluding ortho intramolecular Hbond substituents is 1. The van der Waals surface area contributed by atoms with Gasteiger partial charge in [-0.05, 0) is 77.5 Å². The summed E-state index contributed by atoms with van der Waals surface area (Å²) in [6.07, 6.45) is 14.8. The van der Waals surface area contributed by atoms with Gasteiger partial charge in [-0.15, -0.1) is 11.8 Å². The molecule has 1 atom stereocenters. The van der Waals surface area contributed by atoms with Crippen LogP contribution < -0.4 is 16.1 Å². The first-order chi connectivity index (χ1) is 20.3. The molecule has 8 nitrogen and oxygen atoms in total. The van der Waals surface area contributed by atoms with Crippen LogP contribution in [0.4, 0.5) is 4.39 Å². The number of phenols is 1. The zero-order valence-corrected chi connectivity index (χ0v) is 24.3. The molecule has 0 saturated heterocycles. The summed E-state index contributed by atoms with van der Waals surface area (Å²) in [5, 5.41) is 24.0. The number of amides is 3. The molecule has 5 N–H and O–H groups in total. The third kappa shape index (κ3) is 10.7. The van der Waals surface area contributed by atoms with Crippen molar-refractivity contribution in [2.24, 2.45) is 0 Å². The molecule has 0 radical (unpaired) electrons. The average Bonchev–Trinajstić information content (AvgIpc) is 3.23. The predicted molar refractivity (Wildman–Crippen MR) is 163 cm³/mol. The van der Waals surface area contributed by atoms with Crippen molar-refractivity contribution in [3.8, 4) is 5.75 Å². The number of rotatable bonds is 14. The highest BCUT2D eigenvalue weighted by Gasteiger charge is 2.21. The van der Waals surface area contributed by atoms with Crippen LogP contribution in [0.25, 0.3) is 5.57 Å². The fraction of sp³-hybridized carbons (Fsp3) is 0.281. The second-order valence-corrected chi connectivity index (χ2v) is 10.6. The molecule has 42 heavy (non-hydrogen) atoms. The Morgan fingerprint density at radius 2 is 1.76 bits per heavy atom. The highest BCUT2D eigenvalue weighted by molar-refractivity contribution is 8.02. The van der Waals surface area contributed by atoms with E-state index in [0.717, 1.165) is 12.0 Å². The van der Waals surface area contributed by atoms with Crippen molar-refractivity contribution >= 4 is 35.1 Å². The largest absolute Gasteiger partial charge is 0.508 e. The SMILES string of the molecule is CSC1=CC=C(/C=C(\C(=O)NCCCCCC(=O)NC(Cc2ccc(O)cc2)C(=O)NO)c2ccc(F)cc2)C=CC1. The highest BCUT2D eigenvalue weighted by atomic mass is 32.2. The molecule has 1 unspecified atom stereocenters. The van der Waals surface area contributed by atoms with E-state index in [4.69, 9.17) is 5.21 Å². The van der Waals surface area contributed by atoms with E-state index in [0.29, 0.717) is 42.5 Å². The first-order valence-corrected chi connectivity index (χ1v) is 14.9. The molecule has 2 aromatic carbocycles. The van der Waals surface area contributed by atoms with Crippen molar-refractivity contribution in [3.63, 3.8) is 0 Å². The number of nitrogens with one attached hydrogen (secondary N) is 3. The van der Waals surface area contributed by atoms with E-state index in [2.05, 4.69) is 10.6 Å². The number of hydroxylamine groups is 1. The average molecular weight is 594 g/mol. The molecule has 10 heteroatoms. The topological polar surface area (TPSA) is 128 Å².